The summed E-state index contributed by atoms with van der Waals surface area (Å²) < 4.78 is 0.973. The fraction of sp³-hybridized carbons (Fsp3) is 0.154. The number of carbonyl (C=O) groups is 2. The number of carboxylic acids is 1. The lowest BCUT2D eigenvalue weighted by atomic mass is 10.2. The van der Waals surface area contributed by atoms with Crippen molar-refractivity contribution in [2.45, 2.75) is 6.54 Å². The van der Waals surface area contributed by atoms with Gasteiger partial charge in [-0.1, -0.05) is 28.1 Å². The lowest BCUT2D eigenvalue weighted by Crippen LogP contribution is -2.26. The minimum absolute atomic E-state index is 0.101. The number of halogens is 1. The summed E-state index contributed by atoms with van der Waals surface area (Å²) in [4.78, 5) is 28.2. The lowest BCUT2D eigenvalue weighted by Gasteiger charge is -2.15. The Morgan fingerprint density at radius 2 is 2.00 bits per heavy atom. The summed E-state index contributed by atoms with van der Waals surface area (Å²) in [6, 6.07) is 7.63. The largest absolute Gasteiger partial charge is 0.476 e. The molecule has 2 aromatic rings. The van der Waals surface area contributed by atoms with Crippen LogP contribution < -0.4 is 0 Å². The highest BCUT2D eigenvalue weighted by Gasteiger charge is 2.18. The van der Waals surface area contributed by atoms with Gasteiger partial charge in [-0.15, -0.1) is 11.3 Å². The molecular weight excluding hydrogens is 344 g/mol. The Balaban J connectivity index is 2.07. The van der Waals surface area contributed by atoms with Crippen molar-refractivity contribution in [3.05, 3.63) is 50.4 Å². The Morgan fingerprint density at radius 3 is 2.55 bits per heavy atom. The van der Waals surface area contributed by atoms with Gasteiger partial charge in [-0.3, -0.25) is 4.79 Å². The number of hydrogen-bond donors (Lipinski definition) is 1. The minimum atomic E-state index is -1.13. The fourth-order valence-electron chi connectivity index (χ4n) is 1.57. The second-order valence-corrected chi connectivity index (χ2v) is 5.90. The van der Waals surface area contributed by atoms with Crippen LogP contribution in [0, 0.1) is 0 Å². The summed E-state index contributed by atoms with van der Waals surface area (Å²) in [6.07, 6.45) is 0. The van der Waals surface area contributed by atoms with Crippen LogP contribution in [0.5, 0.6) is 0 Å². The van der Waals surface area contributed by atoms with Gasteiger partial charge in [0.1, 0.15) is 0 Å². The first-order valence-corrected chi connectivity index (χ1v) is 7.33. The Kier molecular flexibility index (Phi) is 4.51. The number of aromatic carboxylic acids is 1. The van der Waals surface area contributed by atoms with E-state index in [-0.39, 0.29) is 16.6 Å². The summed E-state index contributed by atoms with van der Waals surface area (Å²) >= 11 is 4.39. The van der Waals surface area contributed by atoms with Gasteiger partial charge in [0.25, 0.3) is 5.91 Å². The van der Waals surface area contributed by atoms with Gasteiger partial charge in [0.2, 0.25) is 0 Å². The smallest absolute Gasteiger partial charge is 0.355 e. The van der Waals surface area contributed by atoms with Crippen molar-refractivity contribution >= 4 is 39.1 Å². The first-order chi connectivity index (χ1) is 9.47. The van der Waals surface area contributed by atoms with Crippen molar-refractivity contribution in [1.29, 1.82) is 0 Å². The fourth-order valence-corrected chi connectivity index (χ4v) is 2.62. The number of rotatable bonds is 4. The second kappa shape index (κ2) is 6.15. The van der Waals surface area contributed by atoms with E-state index >= 15 is 0 Å². The summed E-state index contributed by atoms with van der Waals surface area (Å²) in [5.41, 5.74) is 0.884. The lowest BCUT2D eigenvalue weighted by molar-refractivity contribution is 0.0691. The molecule has 1 N–H and O–H groups in total. The Morgan fingerprint density at radius 1 is 1.35 bits per heavy atom. The van der Waals surface area contributed by atoms with E-state index in [1.807, 2.05) is 24.3 Å². The third-order valence-electron chi connectivity index (χ3n) is 2.59. The molecule has 0 saturated heterocycles. The molecule has 104 valence electrons. The number of amides is 1. The zero-order chi connectivity index (χ0) is 14.7. The first-order valence-electron chi connectivity index (χ1n) is 5.66. The number of nitrogens with zero attached hydrogens (tertiary/aromatic N) is 2. The Bertz CT molecular complexity index is 639. The van der Waals surface area contributed by atoms with Gasteiger partial charge < -0.3 is 10.0 Å². The van der Waals surface area contributed by atoms with E-state index in [0.717, 1.165) is 21.4 Å². The number of carbonyl (C=O) groups excluding carboxylic acids is 1. The quantitative estimate of drug-likeness (QED) is 0.916. The molecule has 1 aromatic carbocycles. The van der Waals surface area contributed by atoms with E-state index in [9.17, 15) is 9.59 Å². The van der Waals surface area contributed by atoms with Gasteiger partial charge in [-0.05, 0) is 17.7 Å². The summed E-state index contributed by atoms with van der Waals surface area (Å²) in [6.45, 7) is 0.439. The van der Waals surface area contributed by atoms with Gasteiger partial charge in [-0.2, -0.15) is 0 Å². The van der Waals surface area contributed by atoms with Crippen molar-refractivity contribution < 1.29 is 14.7 Å². The average molecular weight is 355 g/mol. The molecule has 1 aromatic heterocycles. The van der Waals surface area contributed by atoms with Gasteiger partial charge in [0, 0.05) is 23.4 Å². The zero-order valence-electron chi connectivity index (χ0n) is 10.5. The summed E-state index contributed by atoms with van der Waals surface area (Å²) in [5.74, 6) is -1.42. The SMILES string of the molecule is CN(Cc1ccc(Br)cc1)C(=O)c1nc(C(=O)O)cs1. The number of thiazole rings is 1. The third kappa shape index (κ3) is 3.43. The molecule has 0 unspecified atom stereocenters. The van der Waals surface area contributed by atoms with Crippen LogP contribution in [0.25, 0.3) is 0 Å². The molecule has 5 nitrogen and oxygen atoms in total. The normalized spacial score (nSPS) is 10.3. The van der Waals surface area contributed by atoms with E-state index in [4.69, 9.17) is 5.11 Å². The number of aromatic nitrogens is 1. The van der Waals surface area contributed by atoms with Crippen LogP contribution in [0.3, 0.4) is 0 Å². The van der Waals surface area contributed by atoms with E-state index in [1.54, 1.807) is 7.05 Å². The molecule has 0 fully saturated rings. The predicted octanol–water partition coefficient (Wildman–Crippen LogP) is 2.88. The van der Waals surface area contributed by atoms with Crippen molar-refractivity contribution in [3.8, 4) is 0 Å². The van der Waals surface area contributed by atoms with Gasteiger partial charge in [0.15, 0.2) is 10.7 Å². The molecule has 0 bridgehead atoms. The molecular formula is C13H11BrN2O3S. The van der Waals surface area contributed by atoms with Crippen molar-refractivity contribution in [3.63, 3.8) is 0 Å². The molecule has 1 heterocycles. The van der Waals surface area contributed by atoms with Gasteiger partial charge >= 0.3 is 5.97 Å². The maximum atomic E-state index is 12.1. The van der Waals surface area contributed by atoms with E-state index in [1.165, 1.54) is 10.3 Å². The van der Waals surface area contributed by atoms with Crippen LogP contribution in [-0.4, -0.2) is 33.9 Å². The van der Waals surface area contributed by atoms with Crippen LogP contribution in [0.4, 0.5) is 0 Å². The molecule has 1 amide bonds. The molecule has 0 aliphatic carbocycles. The van der Waals surface area contributed by atoms with Gasteiger partial charge in [-0.25, -0.2) is 9.78 Å². The van der Waals surface area contributed by atoms with Crippen molar-refractivity contribution in [2.75, 3.05) is 7.05 Å². The predicted molar refractivity (Wildman–Crippen MR) is 79.0 cm³/mol. The number of benzene rings is 1. The highest BCUT2D eigenvalue weighted by molar-refractivity contribution is 9.10. The molecule has 0 radical (unpaired) electrons. The summed E-state index contributed by atoms with van der Waals surface area (Å²) in [5, 5.41) is 10.3. The third-order valence-corrected chi connectivity index (χ3v) is 3.94. The van der Waals surface area contributed by atoms with E-state index < -0.39 is 5.97 Å². The Hall–Kier alpha value is -1.73. The molecule has 0 aliphatic rings. The van der Waals surface area contributed by atoms with E-state index in [0.29, 0.717) is 6.54 Å². The number of carboxylic acid groups (broad SMARTS) is 1. The second-order valence-electron chi connectivity index (χ2n) is 4.13. The maximum Gasteiger partial charge on any atom is 0.355 e. The number of hydrogen-bond acceptors (Lipinski definition) is 4. The highest BCUT2D eigenvalue weighted by Crippen LogP contribution is 2.15. The van der Waals surface area contributed by atoms with Crippen LogP contribution in [0.15, 0.2) is 34.1 Å². The monoisotopic (exact) mass is 354 g/mol. The first kappa shape index (κ1) is 14.7. The van der Waals surface area contributed by atoms with E-state index in [2.05, 4.69) is 20.9 Å². The molecule has 0 saturated carbocycles. The summed E-state index contributed by atoms with van der Waals surface area (Å²) in [7, 11) is 1.66. The Labute approximate surface area is 128 Å². The topological polar surface area (TPSA) is 70.5 Å². The zero-order valence-corrected chi connectivity index (χ0v) is 12.9. The van der Waals surface area contributed by atoms with Crippen LogP contribution in [0.1, 0.15) is 25.9 Å². The minimum Gasteiger partial charge on any atom is -0.476 e. The molecule has 2 rings (SSSR count). The molecule has 0 spiro atoms. The standard InChI is InChI=1S/C13H11BrN2O3S/c1-16(6-8-2-4-9(14)5-3-8)12(17)11-15-10(7-20-11)13(18)19/h2-5,7H,6H2,1H3,(H,18,19). The molecule has 0 aliphatic heterocycles. The maximum absolute atomic E-state index is 12.1. The van der Waals surface area contributed by atoms with Gasteiger partial charge in [0.05, 0.1) is 0 Å². The average Bonchev–Trinajstić information content (AvgIpc) is 2.90. The molecule has 20 heavy (non-hydrogen) atoms. The molecule has 0 atom stereocenters. The van der Waals surface area contributed by atoms with Crippen molar-refractivity contribution in [1.82, 2.24) is 9.88 Å². The molecule has 7 heteroatoms. The van der Waals surface area contributed by atoms with Crippen LogP contribution in [0.2, 0.25) is 0 Å². The highest BCUT2D eigenvalue weighted by atomic mass is 79.9. The van der Waals surface area contributed by atoms with Crippen LogP contribution >= 0.6 is 27.3 Å². The van der Waals surface area contributed by atoms with Crippen LogP contribution in [-0.2, 0) is 6.54 Å². The van der Waals surface area contributed by atoms with Crippen molar-refractivity contribution in [2.24, 2.45) is 0 Å².